The molecule has 0 bridgehead atoms. The third-order valence-corrected chi connectivity index (χ3v) is 8.99. The number of amides is 2. The lowest BCUT2D eigenvalue weighted by Gasteiger charge is -2.42. The van der Waals surface area contributed by atoms with Gasteiger partial charge in [-0.1, -0.05) is 35.9 Å². The molecule has 1 saturated heterocycles. The summed E-state index contributed by atoms with van der Waals surface area (Å²) in [5.74, 6) is -2.83. The molecule has 2 amide bonds. The van der Waals surface area contributed by atoms with E-state index in [9.17, 15) is 24.3 Å². The molecular weight excluding hydrogens is 474 g/mol. The third kappa shape index (κ3) is 3.22. The van der Waals surface area contributed by atoms with Crippen molar-refractivity contribution in [3.05, 3.63) is 86.2 Å². The first-order valence-corrected chi connectivity index (χ1v) is 13.0. The maximum absolute atomic E-state index is 13.7. The van der Waals surface area contributed by atoms with Crippen molar-refractivity contribution < 1.29 is 24.3 Å². The molecule has 6 rings (SSSR count). The van der Waals surface area contributed by atoms with Gasteiger partial charge in [-0.3, -0.25) is 24.1 Å². The monoisotopic (exact) mass is 499 g/mol. The number of likely N-dealkylation sites (tertiary alicyclic amines) is 1. The maximum atomic E-state index is 13.7. The van der Waals surface area contributed by atoms with E-state index in [4.69, 9.17) is 0 Å². The van der Waals surface area contributed by atoms with Crippen LogP contribution in [0.15, 0.2) is 70.2 Å². The number of carbonyl (C=O) groups is 4. The minimum absolute atomic E-state index is 0.0821. The molecule has 1 N–H and O–H groups in total. The van der Waals surface area contributed by atoms with E-state index in [-0.39, 0.29) is 48.0 Å². The van der Waals surface area contributed by atoms with Gasteiger partial charge >= 0.3 is 0 Å². The first kappa shape index (κ1) is 22.9. The summed E-state index contributed by atoms with van der Waals surface area (Å²) >= 11 is 1.50. The summed E-state index contributed by atoms with van der Waals surface area (Å²) in [6.07, 6.45) is 3.98. The van der Waals surface area contributed by atoms with Crippen molar-refractivity contribution in [2.75, 3.05) is 0 Å². The van der Waals surface area contributed by atoms with E-state index in [1.54, 1.807) is 26.0 Å². The summed E-state index contributed by atoms with van der Waals surface area (Å²) in [7, 11) is 0. The minimum atomic E-state index is -0.631. The van der Waals surface area contributed by atoms with Crippen molar-refractivity contribution in [2.24, 2.45) is 17.8 Å². The number of fused-ring (bicyclic) bond motifs is 3. The number of hydrogen-bond acceptors (Lipinski definition) is 6. The molecule has 0 saturated carbocycles. The average Bonchev–Trinajstić information content (AvgIpc) is 3.46. The van der Waals surface area contributed by atoms with Gasteiger partial charge in [0.15, 0.2) is 11.6 Å². The number of phenolic OH excluding ortho intramolecular Hbond substituents is 1. The van der Waals surface area contributed by atoms with E-state index in [0.717, 1.165) is 10.5 Å². The lowest BCUT2D eigenvalue weighted by atomic mass is 9.59. The van der Waals surface area contributed by atoms with Crippen LogP contribution in [0.5, 0.6) is 5.75 Å². The van der Waals surface area contributed by atoms with Gasteiger partial charge in [0.2, 0.25) is 11.8 Å². The minimum Gasteiger partial charge on any atom is -0.507 e. The Hall–Kier alpha value is -3.58. The molecular formula is C29H25NO5S. The number of para-hydroxylation sites is 1. The predicted molar refractivity (Wildman–Crippen MR) is 134 cm³/mol. The van der Waals surface area contributed by atoms with Crippen LogP contribution >= 0.6 is 11.3 Å². The Morgan fingerprint density at radius 1 is 1.03 bits per heavy atom. The zero-order valence-corrected chi connectivity index (χ0v) is 20.8. The van der Waals surface area contributed by atoms with Crippen LogP contribution in [0.25, 0.3) is 0 Å². The predicted octanol–water partition coefficient (Wildman–Crippen LogP) is 4.39. The second-order valence-corrected chi connectivity index (χ2v) is 11.1. The Labute approximate surface area is 212 Å². The number of allylic oxidation sites excluding steroid dienone is 6. The number of thiophene rings is 1. The van der Waals surface area contributed by atoms with E-state index < -0.39 is 17.8 Å². The second kappa shape index (κ2) is 8.23. The average molecular weight is 500 g/mol. The van der Waals surface area contributed by atoms with Gasteiger partial charge in [-0.05, 0) is 55.7 Å². The molecule has 6 nitrogen and oxygen atoms in total. The lowest BCUT2D eigenvalue weighted by molar-refractivity contribution is -0.140. The number of aryl methyl sites for hydroxylation is 1. The van der Waals surface area contributed by atoms with Crippen molar-refractivity contribution in [3.63, 3.8) is 0 Å². The maximum Gasteiger partial charge on any atom is 0.234 e. The number of benzene rings is 1. The SMILES string of the molecule is CC1=CC(=O)C2=C(C1=O)C(c1cccc(C)c1O)C1=CCC3C(=O)N(Cc4cccs4)C(=O)C3C1C2. The molecule has 182 valence electrons. The van der Waals surface area contributed by atoms with Gasteiger partial charge in [-0.25, -0.2) is 0 Å². The molecule has 0 spiro atoms. The molecule has 0 radical (unpaired) electrons. The zero-order valence-electron chi connectivity index (χ0n) is 20.0. The van der Waals surface area contributed by atoms with Crippen LogP contribution in [0, 0.1) is 24.7 Å². The molecule has 2 aromatic rings. The van der Waals surface area contributed by atoms with Crippen LogP contribution in [0.4, 0.5) is 0 Å². The van der Waals surface area contributed by atoms with E-state index in [0.29, 0.717) is 34.3 Å². The van der Waals surface area contributed by atoms with Gasteiger partial charge < -0.3 is 5.11 Å². The largest absolute Gasteiger partial charge is 0.507 e. The molecule has 4 aliphatic rings. The zero-order chi connectivity index (χ0) is 25.3. The quantitative estimate of drug-likeness (QED) is 0.384. The highest BCUT2D eigenvalue weighted by atomic mass is 32.1. The molecule has 1 aromatic heterocycles. The fraction of sp³-hybridized carbons (Fsp3) is 0.310. The van der Waals surface area contributed by atoms with Gasteiger partial charge in [-0.2, -0.15) is 0 Å². The van der Waals surface area contributed by atoms with Crippen LogP contribution < -0.4 is 0 Å². The number of rotatable bonds is 3. The van der Waals surface area contributed by atoms with E-state index in [1.165, 1.54) is 22.3 Å². The highest BCUT2D eigenvalue weighted by molar-refractivity contribution is 7.09. The van der Waals surface area contributed by atoms with E-state index >= 15 is 0 Å². The summed E-state index contributed by atoms with van der Waals surface area (Å²) in [5, 5.41) is 12.9. The number of carbonyl (C=O) groups excluding carboxylic acids is 4. The van der Waals surface area contributed by atoms with Gasteiger partial charge in [0, 0.05) is 33.1 Å². The number of phenols is 1. The number of Topliss-reactive ketones (excluding diaryl/α,β-unsaturated/α-hetero) is 1. The van der Waals surface area contributed by atoms with Crippen LogP contribution in [-0.4, -0.2) is 33.4 Å². The summed E-state index contributed by atoms with van der Waals surface area (Å²) < 4.78 is 0. The van der Waals surface area contributed by atoms with E-state index in [2.05, 4.69) is 0 Å². The fourth-order valence-electron chi connectivity index (χ4n) is 6.41. The Balaban J connectivity index is 1.48. The molecule has 1 aromatic carbocycles. The Kier molecular flexibility index (Phi) is 5.23. The second-order valence-electron chi connectivity index (χ2n) is 10.1. The molecule has 36 heavy (non-hydrogen) atoms. The molecule has 2 heterocycles. The number of hydrogen-bond donors (Lipinski definition) is 1. The van der Waals surface area contributed by atoms with Crippen LogP contribution in [0.3, 0.4) is 0 Å². The smallest absolute Gasteiger partial charge is 0.234 e. The number of nitrogens with zero attached hydrogens (tertiary/aromatic N) is 1. The standard InChI is InChI=1S/C29H25NO5S/c1-14-5-3-7-18(26(14)32)23-17-8-9-19-24(29(35)30(28(19)34)13-16-6-4-10-36-16)20(17)12-21-22(31)11-15(2)27(33)25(21)23/h3-8,10-11,19-20,23-24,32H,9,12-13H2,1-2H3. The molecule has 4 atom stereocenters. The number of aromatic hydroxyl groups is 1. The summed E-state index contributed by atoms with van der Waals surface area (Å²) in [6.45, 7) is 3.68. The molecule has 1 fully saturated rings. The van der Waals surface area contributed by atoms with Crippen molar-refractivity contribution in [3.8, 4) is 5.75 Å². The highest BCUT2D eigenvalue weighted by Gasteiger charge is 2.56. The van der Waals surface area contributed by atoms with Crippen molar-refractivity contribution >= 4 is 34.7 Å². The number of ketones is 2. The molecule has 3 aliphatic carbocycles. The first-order valence-electron chi connectivity index (χ1n) is 12.1. The normalized spacial score (nSPS) is 27.6. The summed E-state index contributed by atoms with van der Waals surface area (Å²) in [5.41, 5.74) is 3.25. The van der Waals surface area contributed by atoms with Crippen molar-refractivity contribution in [1.82, 2.24) is 4.90 Å². The van der Waals surface area contributed by atoms with Crippen molar-refractivity contribution in [2.45, 2.75) is 39.2 Å². The lowest BCUT2D eigenvalue weighted by Crippen LogP contribution is -2.39. The topological polar surface area (TPSA) is 91.8 Å². The molecule has 4 unspecified atom stereocenters. The highest BCUT2D eigenvalue weighted by Crippen LogP contribution is 2.56. The molecule has 1 aliphatic heterocycles. The Bertz CT molecular complexity index is 1440. The van der Waals surface area contributed by atoms with Gasteiger partial charge in [0.1, 0.15) is 5.75 Å². The van der Waals surface area contributed by atoms with E-state index in [1.807, 2.05) is 29.7 Å². The molecule has 7 heteroatoms. The summed E-state index contributed by atoms with van der Waals surface area (Å²) in [6, 6.07) is 9.20. The Morgan fingerprint density at radius 2 is 1.83 bits per heavy atom. The van der Waals surface area contributed by atoms with Gasteiger partial charge in [0.25, 0.3) is 0 Å². The van der Waals surface area contributed by atoms with Crippen LogP contribution in [-0.2, 0) is 25.7 Å². The Morgan fingerprint density at radius 3 is 2.58 bits per heavy atom. The first-order chi connectivity index (χ1) is 17.3. The fourth-order valence-corrected chi connectivity index (χ4v) is 7.10. The number of imide groups is 1. The van der Waals surface area contributed by atoms with Crippen LogP contribution in [0.1, 0.15) is 41.7 Å². The summed E-state index contributed by atoms with van der Waals surface area (Å²) in [4.78, 5) is 55.9. The van der Waals surface area contributed by atoms with Gasteiger partial charge in [0.05, 0.1) is 18.4 Å². The van der Waals surface area contributed by atoms with Crippen LogP contribution in [0.2, 0.25) is 0 Å². The van der Waals surface area contributed by atoms with Crippen molar-refractivity contribution in [1.29, 1.82) is 0 Å². The third-order valence-electron chi connectivity index (χ3n) is 8.13. The van der Waals surface area contributed by atoms with Gasteiger partial charge in [-0.15, -0.1) is 11.3 Å².